The fourth-order valence-electron chi connectivity index (χ4n) is 3.82. The van der Waals surface area contributed by atoms with E-state index in [1.807, 2.05) is 12.1 Å². The van der Waals surface area contributed by atoms with Crippen LogP contribution in [0.4, 0.5) is 0 Å². The number of rotatable bonds is 4. The number of likely N-dealkylation sites (N-methyl/N-ethyl adjacent to an activating group) is 1. The highest BCUT2D eigenvalue weighted by Gasteiger charge is 2.19. The van der Waals surface area contributed by atoms with Gasteiger partial charge in [-0.1, -0.05) is 36.4 Å². The van der Waals surface area contributed by atoms with Crippen LogP contribution < -0.4 is 0 Å². The summed E-state index contributed by atoms with van der Waals surface area (Å²) in [5.41, 5.74) is 4.97. The fraction of sp³-hybridized carbons (Fsp3) is 0.524. The molecule has 0 radical (unpaired) electrons. The van der Waals surface area contributed by atoms with E-state index in [9.17, 15) is 5.11 Å². The van der Waals surface area contributed by atoms with E-state index in [0.29, 0.717) is 5.92 Å². The van der Waals surface area contributed by atoms with E-state index in [4.69, 9.17) is 0 Å². The summed E-state index contributed by atoms with van der Waals surface area (Å²) >= 11 is 0. The Bertz CT molecular complexity index is 603. The second kappa shape index (κ2) is 8.11. The molecule has 1 heterocycles. The van der Waals surface area contributed by atoms with Crippen molar-refractivity contribution in [1.29, 1.82) is 0 Å². The second-order valence-electron chi connectivity index (χ2n) is 7.28. The summed E-state index contributed by atoms with van der Waals surface area (Å²) in [6, 6.07) is 8.28. The third kappa shape index (κ3) is 4.35. The van der Waals surface area contributed by atoms with Gasteiger partial charge < -0.3 is 14.9 Å². The quantitative estimate of drug-likeness (QED) is 0.921. The summed E-state index contributed by atoms with van der Waals surface area (Å²) in [6.45, 7) is 8.36. The summed E-state index contributed by atoms with van der Waals surface area (Å²) in [7, 11) is 2.23. The monoisotopic (exact) mass is 326 g/mol. The van der Waals surface area contributed by atoms with Gasteiger partial charge in [0.1, 0.15) is 0 Å². The Hall–Kier alpha value is -1.42. The summed E-state index contributed by atoms with van der Waals surface area (Å²) < 4.78 is 0. The van der Waals surface area contributed by atoms with Crippen LogP contribution in [0, 0.1) is 5.92 Å². The third-order valence-electron chi connectivity index (χ3n) is 5.29. The topological polar surface area (TPSA) is 26.7 Å². The summed E-state index contributed by atoms with van der Waals surface area (Å²) in [5, 5.41) is 9.18. The molecule has 0 saturated carbocycles. The Morgan fingerprint density at radius 3 is 2.58 bits per heavy atom. The van der Waals surface area contributed by atoms with Gasteiger partial charge in [0.05, 0.1) is 6.61 Å². The van der Waals surface area contributed by atoms with Crippen LogP contribution in [-0.2, 0) is 6.61 Å². The highest BCUT2D eigenvalue weighted by molar-refractivity contribution is 5.79. The van der Waals surface area contributed by atoms with Crippen LogP contribution in [0.25, 0.3) is 5.57 Å². The first kappa shape index (κ1) is 17.4. The maximum atomic E-state index is 9.18. The molecule has 0 spiro atoms. The Morgan fingerprint density at radius 1 is 1.08 bits per heavy atom. The molecule has 1 unspecified atom stereocenters. The number of hydrogen-bond acceptors (Lipinski definition) is 3. The van der Waals surface area contributed by atoms with E-state index in [2.05, 4.69) is 48.1 Å². The molecule has 3 nitrogen and oxygen atoms in total. The maximum Gasteiger partial charge on any atom is 0.0681 e. The molecular weight excluding hydrogens is 296 g/mol. The van der Waals surface area contributed by atoms with E-state index >= 15 is 0 Å². The summed E-state index contributed by atoms with van der Waals surface area (Å²) in [4.78, 5) is 5.07. The smallest absolute Gasteiger partial charge is 0.0681 e. The average molecular weight is 326 g/mol. The molecule has 0 bridgehead atoms. The van der Waals surface area contributed by atoms with E-state index in [1.54, 1.807) is 0 Å². The molecule has 0 aromatic heterocycles. The lowest BCUT2D eigenvalue weighted by Crippen LogP contribution is -2.33. The van der Waals surface area contributed by atoms with Gasteiger partial charge in [-0.15, -0.1) is 0 Å². The lowest BCUT2D eigenvalue weighted by molar-refractivity contribution is 0.252. The molecule has 1 fully saturated rings. The molecule has 2 aliphatic rings. The van der Waals surface area contributed by atoms with Crippen molar-refractivity contribution in [2.45, 2.75) is 26.4 Å². The Balaban J connectivity index is 1.61. The SMILES string of the molecule is CC1=CC(CN2CCCN(C)CC2)CC=C1c1ccc(CO)cc1. The number of aliphatic hydroxyl groups excluding tert-OH is 1. The van der Waals surface area contributed by atoms with Crippen molar-refractivity contribution in [2.75, 3.05) is 39.8 Å². The number of allylic oxidation sites excluding steroid dienone is 3. The van der Waals surface area contributed by atoms with Gasteiger partial charge >= 0.3 is 0 Å². The number of aliphatic hydroxyl groups is 1. The van der Waals surface area contributed by atoms with Gasteiger partial charge in [-0.25, -0.2) is 0 Å². The lowest BCUT2D eigenvalue weighted by atomic mass is 9.87. The average Bonchev–Trinajstić information content (AvgIpc) is 2.80. The number of nitrogens with zero attached hydrogens (tertiary/aromatic N) is 2. The first-order valence-electron chi connectivity index (χ1n) is 9.15. The minimum atomic E-state index is 0.112. The molecule has 1 N–H and O–H groups in total. The summed E-state index contributed by atoms with van der Waals surface area (Å²) in [6.07, 6.45) is 7.27. The molecule has 3 heteroatoms. The number of hydrogen-bond donors (Lipinski definition) is 1. The zero-order valence-electron chi connectivity index (χ0n) is 15.0. The molecule has 1 saturated heterocycles. The molecule has 1 aliphatic heterocycles. The van der Waals surface area contributed by atoms with E-state index in [-0.39, 0.29) is 6.61 Å². The molecule has 0 amide bonds. The molecule has 1 aliphatic carbocycles. The highest BCUT2D eigenvalue weighted by Crippen LogP contribution is 2.31. The minimum Gasteiger partial charge on any atom is -0.392 e. The summed E-state index contributed by atoms with van der Waals surface area (Å²) in [5.74, 6) is 0.633. The largest absolute Gasteiger partial charge is 0.392 e. The van der Waals surface area contributed by atoms with Crippen molar-refractivity contribution >= 4 is 5.57 Å². The second-order valence-corrected chi connectivity index (χ2v) is 7.28. The van der Waals surface area contributed by atoms with E-state index < -0.39 is 0 Å². The standard InChI is InChI=1S/C21H30N2O/c1-17-14-19(15-23-11-3-10-22(2)12-13-23)6-9-21(17)20-7-4-18(16-24)5-8-20/h4-5,7-9,14,19,24H,3,6,10-13,15-16H2,1-2H3. The van der Waals surface area contributed by atoms with Crippen LogP contribution in [0.15, 0.2) is 42.0 Å². The maximum absolute atomic E-state index is 9.18. The van der Waals surface area contributed by atoms with Gasteiger partial charge in [0.15, 0.2) is 0 Å². The first-order chi connectivity index (χ1) is 11.7. The molecule has 24 heavy (non-hydrogen) atoms. The zero-order chi connectivity index (χ0) is 16.9. The molecular formula is C21H30N2O. The van der Waals surface area contributed by atoms with Crippen LogP contribution in [0.1, 0.15) is 30.9 Å². The van der Waals surface area contributed by atoms with Crippen LogP contribution in [0.5, 0.6) is 0 Å². The predicted octanol–water partition coefficient (Wildman–Crippen LogP) is 3.17. The van der Waals surface area contributed by atoms with E-state index in [1.165, 1.54) is 55.9 Å². The van der Waals surface area contributed by atoms with Crippen molar-refractivity contribution in [3.8, 4) is 0 Å². The van der Waals surface area contributed by atoms with Crippen LogP contribution >= 0.6 is 0 Å². The third-order valence-corrected chi connectivity index (χ3v) is 5.29. The van der Waals surface area contributed by atoms with Crippen LogP contribution in [0.3, 0.4) is 0 Å². The van der Waals surface area contributed by atoms with Crippen LogP contribution in [0.2, 0.25) is 0 Å². The van der Waals surface area contributed by atoms with Gasteiger partial charge in [0, 0.05) is 19.6 Å². The highest BCUT2D eigenvalue weighted by atomic mass is 16.3. The zero-order valence-corrected chi connectivity index (χ0v) is 15.0. The molecule has 1 aromatic carbocycles. The van der Waals surface area contributed by atoms with Gasteiger partial charge in [0.2, 0.25) is 0 Å². The lowest BCUT2D eigenvalue weighted by Gasteiger charge is -2.27. The van der Waals surface area contributed by atoms with E-state index in [0.717, 1.165) is 12.0 Å². The minimum absolute atomic E-state index is 0.112. The van der Waals surface area contributed by atoms with Crippen molar-refractivity contribution in [1.82, 2.24) is 9.80 Å². The number of benzene rings is 1. The van der Waals surface area contributed by atoms with Gasteiger partial charge in [-0.05, 0) is 68.1 Å². The molecule has 1 atom stereocenters. The van der Waals surface area contributed by atoms with Gasteiger partial charge in [-0.3, -0.25) is 0 Å². The normalized spacial score (nSPS) is 23.5. The predicted molar refractivity (Wildman–Crippen MR) is 101 cm³/mol. The Kier molecular flexibility index (Phi) is 5.88. The molecule has 3 rings (SSSR count). The molecule has 130 valence electrons. The van der Waals surface area contributed by atoms with Crippen LogP contribution in [-0.4, -0.2) is 54.7 Å². The van der Waals surface area contributed by atoms with Crippen molar-refractivity contribution in [3.05, 3.63) is 53.1 Å². The first-order valence-corrected chi connectivity index (χ1v) is 9.15. The molecule has 1 aromatic rings. The Labute approximate surface area is 146 Å². The van der Waals surface area contributed by atoms with Crippen molar-refractivity contribution in [2.24, 2.45) is 5.92 Å². The van der Waals surface area contributed by atoms with Gasteiger partial charge in [0.25, 0.3) is 0 Å². The Morgan fingerprint density at radius 2 is 1.88 bits per heavy atom. The van der Waals surface area contributed by atoms with Crippen molar-refractivity contribution in [3.63, 3.8) is 0 Å². The van der Waals surface area contributed by atoms with Gasteiger partial charge in [-0.2, -0.15) is 0 Å². The fourth-order valence-corrected chi connectivity index (χ4v) is 3.82. The van der Waals surface area contributed by atoms with Crippen molar-refractivity contribution < 1.29 is 5.11 Å².